The monoisotopic (exact) mass is 352 g/mol. The average Bonchev–Trinajstić information content (AvgIpc) is 2.39. The van der Waals surface area contributed by atoms with Crippen LogP contribution in [0.3, 0.4) is 0 Å². The van der Waals surface area contributed by atoms with Crippen LogP contribution in [0.25, 0.3) is 0 Å². The highest BCUT2D eigenvalue weighted by Crippen LogP contribution is 2.38. The Kier molecular flexibility index (Phi) is 4.90. The SMILES string of the molecule is OCCC1CCN(c2ncc(Br)cc2C(F)(F)F)CC1. The predicted molar refractivity (Wildman–Crippen MR) is 73.6 cm³/mol. The van der Waals surface area contributed by atoms with Crippen LogP contribution in [-0.2, 0) is 6.18 Å². The Labute approximate surface area is 123 Å². The van der Waals surface area contributed by atoms with E-state index in [1.807, 2.05) is 0 Å². The van der Waals surface area contributed by atoms with Crippen molar-refractivity contribution in [2.45, 2.75) is 25.4 Å². The molecule has 1 aromatic heterocycles. The number of anilines is 1. The third-order valence-electron chi connectivity index (χ3n) is 3.59. The highest BCUT2D eigenvalue weighted by Gasteiger charge is 2.36. The number of aliphatic hydroxyl groups excluding tert-OH is 1. The maximum Gasteiger partial charge on any atom is 0.419 e. The molecule has 7 heteroatoms. The molecule has 0 radical (unpaired) electrons. The number of halogens is 4. The fourth-order valence-corrected chi connectivity index (χ4v) is 2.84. The third kappa shape index (κ3) is 3.63. The lowest BCUT2D eigenvalue weighted by atomic mass is 9.94. The first-order valence-corrected chi connectivity index (χ1v) is 7.29. The maximum atomic E-state index is 13.1. The zero-order valence-corrected chi connectivity index (χ0v) is 12.4. The highest BCUT2D eigenvalue weighted by molar-refractivity contribution is 9.10. The molecule has 1 fully saturated rings. The number of aliphatic hydroxyl groups is 1. The van der Waals surface area contributed by atoms with Crippen LogP contribution in [0.1, 0.15) is 24.8 Å². The summed E-state index contributed by atoms with van der Waals surface area (Å²) in [6.07, 6.45) is -0.725. The Morgan fingerprint density at radius 3 is 2.55 bits per heavy atom. The summed E-state index contributed by atoms with van der Waals surface area (Å²) in [6.45, 7) is 1.22. The van der Waals surface area contributed by atoms with E-state index in [0.29, 0.717) is 29.9 Å². The second-order valence-corrected chi connectivity index (χ2v) is 5.88. The number of rotatable bonds is 3. The molecule has 1 aliphatic rings. The van der Waals surface area contributed by atoms with Gasteiger partial charge in [-0.2, -0.15) is 13.2 Å². The van der Waals surface area contributed by atoms with Crippen LogP contribution in [0.5, 0.6) is 0 Å². The zero-order chi connectivity index (χ0) is 14.8. The molecular weight excluding hydrogens is 337 g/mol. The smallest absolute Gasteiger partial charge is 0.396 e. The molecule has 1 saturated heterocycles. The van der Waals surface area contributed by atoms with Gasteiger partial charge in [0.25, 0.3) is 0 Å². The minimum atomic E-state index is -4.41. The van der Waals surface area contributed by atoms with Crippen molar-refractivity contribution in [3.8, 4) is 0 Å². The fourth-order valence-electron chi connectivity index (χ4n) is 2.51. The van der Waals surface area contributed by atoms with Gasteiger partial charge in [0, 0.05) is 30.4 Å². The molecule has 0 saturated carbocycles. The van der Waals surface area contributed by atoms with Crippen LogP contribution in [0, 0.1) is 5.92 Å². The standard InChI is InChI=1S/C13H16BrF3N2O/c14-10-7-11(13(15,16)17)12(18-8-10)19-4-1-9(2-5-19)3-6-20/h7-9,20H,1-6H2. The largest absolute Gasteiger partial charge is 0.419 e. The van der Waals surface area contributed by atoms with Gasteiger partial charge in [-0.15, -0.1) is 0 Å². The summed E-state index contributed by atoms with van der Waals surface area (Å²) < 4.78 is 39.5. The number of hydrogen-bond acceptors (Lipinski definition) is 3. The van der Waals surface area contributed by atoms with Crippen LogP contribution in [-0.4, -0.2) is 29.8 Å². The number of pyridine rings is 1. The summed E-state index contributed by atoms with van der Waals surface area (Å²) in [4.78, 5) is 5.63. The molecule has 0 amide bonds. The second kappa shape index (κ2) is 6.30. The van der Waals surface area contributed by atoms with Gasteiger partial charge < -0.3 is 10.0 Å². The molecule has 0 aliphatic carbocycles. The van der Waals surface area contributed by atoms with Crippen LogP contribution >= 0.6 is 15.9 Å². The molecule has 0 unspecified atom stereocenters. The van der Waals surface area contributed by atoms with Crippen molar-refractivity contribution in [3.05, 3.63) is 22.3 Å². The molecular formula is C13H16BrF3N2O. The quantitative estimate of drug-likeness (QED) is 0.904. The first-order valence-electron chi connectivity index (χ1n) is 6.50. The van der Waals surface area contributed by atoms with E-state index in [1.54, 1.807) is 4.90 Å². The van der Waals surface area contributed by atoms with Crippen LogP contribution in [0.15, 0.2) is 16.7 Å². The summed E-state index contributed by atoms with van der Waals surface area (Å²) >= 11 is 3.03. The van der Waals surface area contributed by atoms with Crippen LogP contribution in [0.4, 0.5) is 19.0 Å². The molecule has 1 N–H and O–H groups in total. The van der Waals surface area contributed by atoms with Gasteiger partial charge in [-0.05, 0) is 47.2 Å². The molecule has 2 rings (SSSR count). The lowest BCUT2D eigenvalue weighted by molar-refractivity contribution is -0.137. The Morgan fingerprint density at radius 1 is 1.35 bits per heavy atom. The number of nitrogens with zero attached hydrogens (tertiary/aromatic N) is 2. The van der Waals surface area contributed by atoms with Gasteiger partial charge in [-0.1, -0.05) is 0 Å². The average molecular weight is 353 g/mol. The van der Waals surface area contributed by atoms with Gasteiger partial charge in [-0.25, -0.2) is 4.98 Å². The molecule has 2 heterocycles. The van der Waals surface area contributed by atoms with E-state index in [0.717, 1.165) is 18.9 Å². The highest BCUT2D eigenvalue weighted by atomic mass is 79.9. The molecule has 3 nitrogen and oxygen atoms in total. The van der Waals surface area contributed by atoms with Crippen molar-refractivity contribution < 1.29 is 18.3 Å². The van der Waals surface area contributed by atoms with E-state index in [-0.39, 0.29) is 12.4 Å². The van der Waals surface area contributed by atoms with E-state index >= 15 is 0 Å². The van der Waals surface area contributed by atoms with E-state index in [9.17, 15) is 13.2 Å². The maximum absolute atomic E-state index is 13.1. The topological polar surface area (TPSA) is 36.4 Å². The fraction of sp³-hybridized carbons (Fsp3) is 0.615. The van der Waals surface area contributed by atoms with Gasteiger partial charge in [0.2, 0.25) is 0 Å². The first kappa shape index (κ1) is 15.6. The molecule has 1 aliphatic heterocycles. The van der Waals surface area contributed by atoms with E-state index in [2.05, 4.69) is 20.9 Å². The number of piperidine rings is 1. The lowest BCUT2D eigenvalue weighted by Gasteiger charge is -2.33. The Morgan fingerprint density at radius 2 is 2.00 bits per heavy atom. The molecule has 0 aromatic carbocycles. The van der Waals surface area contributed by atoms with Crippen molar-refractivity contribution in [3.63, 3.8) is 0 Å². The summed E-state index contributed by atoms with van der Waals surface area (Å²) in [6, 6.07) is 1.07. The Balaban J connectivity index is 2.18. The van der Waals surface area contributed by atoms with E-state index < -0.39 is 11.7 Å². The minimum absolute atomic E-state index is 0.00292. The van der Waals surface area contributed by atoms with Gasteiger partial charge in [0.05, 0.1) is 5.56 Å². The second-order valence-electron chi connectivity index (χ2n) is 4.97. The summed E-state index contributed by atoms with van der Waals surface area (Å²) in [5.74, 6) is 0.393. The number of alkyl halides is 3. The summed E-state index contributed by atoms with van der Waals surface area (Å²) in [5, 5.41) is 8.90. The van der Waals surface area contributed by atoms with Crippen LogP contribution < -0.4 is 4.90 Å². The van der Waals surface area contributed by atoms with Crippen molar-refractivity contribution in [2.24, 2.45) is 5.92 Å². The molecule has 1 aromatic rings. The molecule has 0 bridgehead atoms. The first-order chi connectivity index (χ1) is 9.41. The van der Waals surface area contributed by atoms with Gasteiger partial charge in [-0.3, -0.25) is 0 Å². The van der Waals surface area contributed by atoms with Crippen molar-refractivity contribution in [1.82, 2.24) is 4.98 Å². The number of aromatic nitrogens is 1. The zero-order valence-electron chi connectivity index (χ0n) is 10.8. The predicted octanol–water partition coefficient (Wildman–Crippen LogP) is 3.46. The minimum Gasteiger partial charge on any atom is -0.396 e. The van der Waals surface area contributed by atoms with Gasteiger partial charge in [0.15, 0.2) is 0 Å². The van der Waals surface area contributed by atoms with E-state index in [1.165, 1.54) is 6.20 Å². The summed E-state index contributed by atoms with van der Waals surface area (Å²) in [7, 11) is 0. The molecule has 0 spiro atoms. The van der Waals surface area contributed by atoms with E-state index in [4.69, 9.17) is 5.11 Å². The summed E-state index contributed by atoms with van der Waals surface area (Å²) in [5.41, 5.74) is -0.701. The van der Waals surface area contributed by atoms with Gasteiger partial charge >= 0.3 is 6.18 Å². The van der Waals surface area contributed by atoms with Crippen molar-refractivity contribution in [1.29, 1.82) is 0 Å². The van der Waals surface area contributed by atoms with Crippen molar-refractivity contribution in [2.75, 3.05) is 24.6 Å². The molecule has 0 atom stereocenters. The number of hydrogen-bond donors (Lipinski definition) is 1. The normalized spacial score (nSPS) is 17.6. The third-order valence-corrected chi connectivity index (χ3v) is 4.02. The van der Waals surface area contributed by atoms with Crippen LogP contribution in [0.2, 0.25) is 0 Å². The van der Waals surface area contributed by atoms with Gasteiger partial charge in [0.1, 0.15) is 5.82 Å². The molecule has 20 heavy (non-hydrogen) atoms. The Bertz CT molecular complexity index is 459. The molecule has 112 valence electrons. The van der Waals surface area contributed by atoms with Crippen molar-refractivity contribution >= 4 is 21.7 Å². The Hall–Kier alpha value is -0.820. The lowest BCUT2D eigenvalue weighted by Crippen LogP contribution is -2.35.